The van der Waals surface area contributed by atoms with Gasteiger partial charge in [0.2, 0.25) is 0 Å². The van der Waals surface area contributed by atoms with Crippen LogP contribution in [0.4, 0.5) is 4.39 Å². The van der Waals surface area contributed by atoms with Crippen LogP contribution in [-0.2, 0) is 17.9 Å². The van der Waals surface area contributed by atoms with Crippen molar-refractivity contribution < 1.29 is 18.7 Å². The second-order valence-corrected chi connectivity index (χ2v) is 3.24. The smallest absolute Gasteiger partial charge is 0.164 e. The number of alkyl halides is 1. The van der Waals surface area contributed by atoms with Crippen LogP contribution < -0.4 is 15.4 Å². The van der Waals surface area contributed by atoms with Gasteiger partial charge < -0.3 is 14.3 Å². The van der Waals surface area contributed by atoms with Crippen LogP contribution in [0.25, 0.3) is 0 Å². The van der Waals surface area contributed by atoms with Crippen molar-refractivity contribution in [3.63, 3.8) is 0 Å². The number of hydrogen-bond donors (Lipinski definition) is 1. The summed E-state index contributed by atoms with van der Waals surface area (Å²) in [6.07, 6.45) is 0.546. The van der Waals surface area contributed by atoms with Gasteiger partial charge in [0, 0.05) is 12.0 Å². The lowest BCUT2D eigenvalue weighted by Gasteiger charge is -2.13. The first-order valence-corrected chi connectivity index (χ1v) is 4.88. The highest BCUT2D eigenvalue weighted by Crippen LogP contribution is 2.33. The Morgan fingerprint density at radius 2 is 2.00 bits per heavy atom. The van der Waals surface area contributed by atoms with E-state index in [0.717, 1.165) is 5.56 Å². The molecule has 4 nitrogen and oxygen atoms in total. The predicted octanol–water partition coefficient (Wildman–Crippen LogP) is 1.61. The van der Waals surface area contributed by atoms with Crippen molar-refractivity contribution in [3.8, 4) is 11.5 Å². The topological polar surface area (TPSA) is 53.7 Å². The first-order valence-electron chi connectivity index (χ1n) is 4.88. The largest absolute Gasteiger partial charge is 0.493 e. The van der Waals surface area contributed by atoms with E-state index in [4.69, 9.17) is 15.4 Å². The SMILES string of the molecule is COc1cc(CF)cc(CCON)c1OC. The lowest BCUT2D eigenvalue weighted by atomic mass is 10.1. The third-order valence-corrected chi connectivity index (χ3v) is 2.26. The molecule has 0 atom stereocenters. The number of nitrogens with two attached hydrogens (primary N) is 1. The first kappa shape index (κ1) is 12.7. The van der Waals surface area contributed by atoms with Gasteiger partial charge in [0.1, 0.15) is 6.67 Å². The summed E-state index contributed by atoms with van der Waals surface area (Å²) in [5.41, 5.74) is 1.37. The number of ether oxygens (including phenoxy) is 2. The van der Waals surface area contributed by atoms with Crippen LogP contribution in [0.5, 0.6) is 11.5 Å². The average Bonchev–Trinajstić information content (AvgIpc) is 2.34. The molecule has 0 amide bonds. The van der Waals surface area contributed by atoms with E-state index >= 15 is 0 Å². The van der Waals surface area contributed by atoms with Gasteiger partial charge in [-0.3, -0.25) is 0 Å². The summed E-state index contributed by atoms with van der Waals surface area (Å²) in [7, 11) is 3.06. The van der Waals surface area contributed by atoms with Crippen LogP contribution >= 0.6 is 0 Å². The van der Waals surface area contributed by atoms with Crippen LogP contribution in [0.2, 0.25) is 0 Å². The number of rotatable bonds is 6. The van der Waals surface area contributed by atoms with E-state index in [9.17, 15) is 4.39 Å². The van der Waals surface area contributed by atoms with Gasteiger partial charge in [-0.2, -0.15) is 0 Å². The quantitative estimate of drug-likeness (QED) is 0.753. The van der Waals surface area contributed by atoms with E-state index in [1.807, 2.05) is 0 Å². The predicted molar refractivity (Wildman–Crippen MR) is 58.2 cm³/mol. The van der Waals surface area contributed by atoms with Crippen molar-refractivity contribution in [1.29, 1.82) is 0 Å². The minimum Gasteiger partial charge on any atom is -0.493 e. The van der Waals surface area contributed by atoms with Gasteiger partial charge >= 0.3 is 0 Å². The fourth-order valence-electron chi connectivity index (χ4n) is 1.54. The monoisotopic (exact) mass is 229 g/mol. The second-order valence-electron chi connectivity index (χ2n) is 3.24. The Hall–Kier alpha value is -1.33. The number of benzene rings is 1. The lowest BCUT2D eigenvalue weighted by molar-refractivity contribution is 0.140. The zero-order valence-electron chi connectivity index (χ0n) is 9.46. The molecule has 0 saturated carbocycles. The molecule has 0 aliphatic heterocycles. The molecule has 0 heterocycles. The van der Waals surface area contributed by atoms with E-state index < -0.39 is 6.67 Å². The summed E-state index contributed by atoms with van der Waals surface area (Å²) in [4.78, 5) is 4.50. The summed E-state index contributed by atoms with van der Waals surface area (Å²) in [5.74, 6) is 6.08. The van der Waals surface area contributed by atoms with Gasteiger partial charge in [-0.05, 0) is 17.7 Å². The summed E-state index contributed by atoms with van der Waals surface area (Å²) in [6.45, 7) is -0.202. The molecule has 1 rings (SSSR count). The zero-order chi connectivity index (χ0) is 12.0. The Kier molecular flexibility index (Phi) is 5.01. The molecule has 0 spiro atoms. The number of methoxy groups -OCH3 is 2. The average molecular weight is 229 g/mol. The molecule has 0 unspecified atom stereocenters. The van der Waals surface area contributed by atoms with E-state index in [1.165, 1.54) is 7.11 Å². The minimum atomic E-state index is -0.545. The Morgan fingerprint density at radius 3 is 2.50 bits per heavy atom. The highest BCUT2D eigenvalue weighted by molar-refractivity contribution is 5.49. The second kappa shape index (κ2) is 6.30. The molecule has 5 heteroatoms. The zero-order valence-corrected chi connectivity index (χ0v) is 9.46. The van der Waals surface area contributed by atoms with E-state index in [-0.39, 0.29) is 0 Å². The van der Waals surface area contributed by atoms with Gasteiger partial charge in [-0.1, -0.05) is 0 Å². The van der Waals surface area contributed by atoms with Gasteiger partial charge in [0.05, 0.1) is 20.8 Å². The fraction of sp³-hybridized carbons (Fsp3) is 0.455. The van der Waals surface area contributed by atoms with Crippen molar-refractivity contribution in [2.45, 2.75) is 13.1 Å². The van der Waals surface area contributed by atoms with Gasteiger partial charge in [0.25, 0.3) is 0 Å². The van der Waals surface area contributed by atoms with Crippen molar-refractivity contribution in [2.75, 3.05) is 20.8 Å². The minimum absolute atomic E-state index is 0.343. The molecule has 1 aromatic rings. The van der Waals surface area contributed by atoms with Crippen molar-refractivity contribution in [1.82, 2.24) is 0 Å². The maximum atomic E-state index is 12.6. The Morgan fingerprint density at radius 1 is 1.25 bits per heavy atom. The molecular formula is C11H16FNO3. The van der Waals surface area contributed by atoms with Crippen LogP contribution in [0.1, 0.15) is 11.1 Å². The molecule has 0 aliphatic carbocycles. The van der Waals surface area contributed by atoms with Gasteiger partial charge in [0.15, 0.2) is 11.5 Å². The van der Waals surface area contributed by atoms with Crippen molar-refractivity contribution in [2.24, 2.45) is 5.90 Å². The molecule has 0 aromatic heterocycles. The maximum Gasteiger partial charge on any atom is 0.164 e. The van der Waals surface area contributed by atoms with E-state index in [1.54, 1.807) is 19.2 Å². The Bertz CT molecular complexity index is 344. The number of hydrogen-bond acceptors (Lipinski definition) is 4. The molecule has 90 valence electrons. The molecule has 2 N–H and O–H groups in total. The Balaban J connectivity index is 3.09. The standard InChI is InChI=1S/C11H16FNO3/c1-14-10-6-8(7-12)5-9(3-4-16-13)11(10)15-2/h5-6H,3-4,7,13H2,1-2H3. The maximum absolute atomic E-state index is 12.6. The van der Waals surface area contributed by atoms with Crippen molar-refractivity contribution in [3.05, 3.63) is 23.3 Å². The van der Waals surface area contributed by atoms with Crippen molar-refractivity contribution >= 4 is 0 Å². The van der Waals surface area contributed by atoms with Crippen LogP contribution in [-0.4, -0.2) is 20.8 Å². The first-order chi connectivity index (χ1) is 7.76. The summed E-state index contributed by atoms with van der Waals surface area (Å²) in [5, 5.41) is 0. The molecule has 0 radical (unpaired) electrons. The molecule has 1 aromatic carbocycles. The molecule has 16 heavy (non-hydrogen) atoms. The molecule has 0 bridgehead atoms. The molecular weight excluding hydrogens is 213 g/mol. The molecule has 0 saturated heterocycles. The van der Waals surface area contributed by atoms with Gasteiger partial charge in [-0.25, -0.2) is 10.3 Å². The van der Waals surface area contributed by atoms with Gasteiger partial charge in [-0.15, -0.1) is 0 Å². The summed E-state index contributed by atoms with van der Waals surface area (Å²) >= 11 is 0. The van der Waals surface area contributed by atoms with Crippen LogP contribution in [0.3, 0.4) is 0 Å². The Labute approximate surface area is 94.1 Å². The normalized spacial score (nSPS) is 10.2. The molecule has 0 aliphatic rings. The molecule has 0 fully saturated rings. The highest BCUT2D eigenvalue weighted by Gasteiger charge is 2.12. The summed E-state index contributed by atoms with van der Waals surface area (Å²) in [6, 6.07) is 3.34. The van der Waals surface area contributed by atoms with Crippen LogP contribution in [0, 0.1) is 0 Å². The third kappa shape index (κ3) is 2.84. The van der Waals surface area contributed by atoms with E-state index in [2.05, 4.69) is 4.84 Å². The lowest BCUT2D eigenvalue weighted by Crippen LogP contribution is -2.06. The highest BCUT2D eigenvalue weighted by atomic mass is 19.1. The third-order valence-electron chi connectivity index (χ3n) is 2.26. The number of halogens is 1. The fourth-order valence-corrected chi connectivity index (χ4v) is 1.54. The van der Waals surface area contributed by atoms with Crippen LogP contribution in [0.15, 0.2) is 12.1 Å². The summed E-state index contributed by atoms with van der Waals surface area (Å²) < 4.78 is 23.0. The van der Waals surface area contributed by atoms with E-state index in [0.29, 0.717) is 30.1 Å².